The van der Waals surface area contributed by atoms with Gasteiger partial charge in [0.1, 0.15) is 5.82 Å². The first-order chi connectivity index (χ1) is 7.75. The predicted molar refractivity (Wildman–Crippen MR) is 63.9 cm³/mol. The van der Waals surface area contributed by atoms with E-state index in [1.54, 1.807) is 6.07 Å². The first-order valence-electron chi connectivity index (χ1n) is 5.41. The molecule has 1 N–H and O–H groups in total. The third kappa shape index (κ3) is 1.30. The van der Waals surface area contributed by atoms with E-state index < -0.39 is 0 Å². The van der Waals surface area contributed by atoms with Gasteiger partial charge >= 0.3 is 0 Å². The lowest BCUT2D eigenvalue weighted by atomic mass is 9.90. The average Bonchev–Trinajstić information content (AvgIpc) is 2.29. The molecule has 80 valence electrons. The summed E-state index contributed by atoms with van der Waals surface area (Å²) in [4.78, 5) is 0. The van der Waals surface area contributed by atoms with Crippen molar-refractivity contribution in [3.05, 3.63) is 53.8 Å². The van der Waals surface area contributed by atoms with Gasteiger partial charge < -0.3 is 5.32 Å². The minimum absolute atomic E-state index is 0.153. The number of nitrogens with one attached hydrogen (secondary N) is 1. The monoisotopic (exact) mass is 213 g/mol. The highest BCUT2D eigenvalue weighted by atomic mass is 19.1. The SMILES string of the molecule is C[C@H]1Nc2ccccc2-c2ccc(F)cc21. The van der Waals surface area contributed by atoms with Gasteiger partial charge in [0.05, 0.1) is 0 Å². The van der Waals surface area contributed by atoms with Gasteiger partial charge in [-0.05, 0) is 36.2 Å². The highest BCUT2D eigenvalue weighted by Gasteiger charge is 2.20. The van der Waals surface area contributed by atoms with Crippen LogP contribution >= 0.6 is 0 Å². The van der Waals surface area contributed by atoms with E-state index in [9.17, 15) is 4.39 Å². The Kier molecular flexibility index (Phi) is 1.96. The molecule has 2 aromatic carbocycles. The molecule has 1 aliphatic heterocycles. The van der Waals surface area contributed by atoms with Crippen molar-refractivity contribution >= 4 is 5.69 Å². The van der Waals surface area contributed by atoms with Crippen LogP contribution in [-0.2, 0) is 0 Å². The number of para-hydroxylation sites is 1. The average molecular weight is 213 g/mol. The van der Waals surface area contributed by atoms with Crippen LogP contribution in [0, 0.1) is 5.82 Å². The number of benzene rings is 2. The minimum Gasteiger partial charge on any atom is -0.378 e. The summed E-state index contributed by atoms with van der Waals surface area (Å²) in [6.45, 7) is 2.05. The Hall–Kier alpha value is -1.83. The van der Waals surface area contributed by atoms with Crippen LogP contribution in [-0.4, -0.2) is 0 Å². The maximum atomic E-state index is 13.2. The van der Waals surface area contributed by atoms with E-state index in [-0.39, 0.29) is 11.9 Å². The number of halogens is 1. The summed E-state index contributed by atoms with van der Waals surface area (Å²) in [5.41, 5.74) is 4.42. The van der Waals surface area contributed by atoms with Crippen LogP contribution in [0.1, 0.15) is 18.5 Å². The number of fused-ring (bicyclic) bond motifs is 3. The zero-order valence-electron chi connectivity index (χ0n) is 9.00. The maximum absolute atomic E-state index is 13.2. The highest BCUT2D eigenvalue weighted by Crippen LogP contribution is 2.40. The summed E-state index contributed by atoms with van der Waals surface area (Å²) >= 11 is 0. The quantitative estimate of drug-likeness (QED) is 0.698. The summed E-state index contributed by atoms with van der Waals surface area (Å²) in [6.07, 6.45) is 0. The molecule has 0 aromatic heterocycles. The van der Waals surface area contributed by atoms with Gasteiger partial charge in [-0.15, -0.1) is 0 Å². The molecule has 0 aliphatic carbocycles. The van der Waals surface area contributed by atoms with E-state index in [2.05, 4.69) is 17.4 Å². The molecule has 0 radical (unpaired) electrons. The van der Waals surface area contributed by atoms with Crippen molar-refractivity contribution in [3.8, 4) is 11.1 Å². The third-order valence-corrected chi connectivity index (χ3v) is 3.07. The topological polar surface area (TPSA) is 12.0 Å². The molecule has 0 bridgehead atoms. The summed E-state index contributed by atoms with van der Waals surface area (Å²) in [5.74, 6) is -0.174. The number of hydrogen-bond acceptors (Lipinski definition) is 1. The molecule has 0 saturated heterocycles. The van der Waals surface area contributed by atoms with Crippen molar-refractivity contribution in [2.24, 2.45) is 0 Å². The van der Waals surface area contributed by atoms with Crippen LogP contribution in [0.3, 0.4) is 0 Å². The second kappa shape index (κ2) is 3.34. The van der Waals surface area contributed by atoms with Crippen LogP contribution in [0.5, 0.6) is 0 Å². The van der Waals surface area contributed by atoms with E-state index in [0.717, 1.165) is 22.4 Å². The Morgan fingerprint density at radius 1 is 1.06 bits per heavy atom. The van der Waals surface area contributed by atoms with E-state index in [1.165, 1.54) is 6.07 Å². The molecule has 16 heavy (non-hydrogen) atoms. The minimum atomic E-state index is -0.174. The van der Waals surface area contributed by atoms with Crippen molar-refractivity contribution in [1.82, 2.24) is 0 Å². The van der Waals surface area contributed by atoms with Gasteiger partial charge in [0.2, 0.25) is 0 Å². The predicted octanol–water partition coefficient (Wildman–Crippen LogP) is 3.98. The molecule has 0 spiro atoms. The lowest BCUT2D eigenvalue weighted by Gasteiger charge is -2.27. The molecule has 0 unspecified atom stereocenters. The molecule has 1 atom stereocenters. The molecule has 0 amide bonds. The fourth-order valence-corrected chi connectivity index (χ4v) is 2.29. The van der Waals surface area contributed by atoms with Crippen LogP contribution in [0.15, 0.2) is 42.5 Å². The summed E-state index contributed by atoms with van der Waals surface area (Å²) in [6, 6.07) is 13.3. The molecule has 2 aromatic rings. The van der Waals surface area contributed by atoms with Gasteiger partial charge in [0, 0.05) is 17.3 Å². The van der Waals surface area contributed by atoms with Gasteiger partial charge in [0.25, 0.3) is 0 Å². The molecule has 1 nitrogen and oxygen atoms in total. The maximum Gasteiger partial charge on any atom is 0.123 e. The second-order valence-corrected chi connectivity index (χ2v) is 4.14. The van der Waals surface area contributed by atoms with Gasteiger partial charge in [-0.25, -0.2) is 4.39 Å². The molecule has 1 aliphatic rings. The highest BCUT2D eigenvalue weighted by molar-refractivity contribution is 5.83. The number of anilines is 1. The lowest BCUT2D eigenvalue weighted by Crippen LogP contribution is -2.13. The first-order valence-corrected chi connectivity index (χ1v) is 5.41. The van der Waals surface area contributed by atoms with Crippen molar-refractivity contribution < 1.29 is 4.39 Å². The van der Waals surface area contributed by atoms with Gasteiger partial charge in [0.15, 0.2) is 0 Å². The Morgan fingerprint density at radius 2 is 1.88 bits per heavy atom. The van der Waals surface area contributed by atoms with Crippen LogP contribution < -0.4 is 5.32 Å². The molecule has 3 rings (SSSR count). The Morgan fingerprint density at radius 3 is 2.75 bits per heavy atom. The van der Waals surface area contributed by atoms with Gasteiger partial charge in [-0.3, -0.25) is 0 Å². The van der Waals surface area contributed by atoms with Crippen molar-refractivity contribution in [2.75, 3.05) is 5.32 Å². The van der Waals surface area contributed by atoms with E-state index in [0.29, 0.717) is 0 Å². The molecule has 2 heteroatoms. The Bertz CT molecular complexity index is 548. The molecular weight excluding hydrogens is 201 g/mol. The number of hydrogen-bond donors (Lipinski definition) is 1. The zero-order chi connectivity index (χ0) is 11.1. The molecule has 0 saturated carbocycles. The summed E-state index contributed by atoms with van der Waals surface area (Å²) in [5, 5.41) is 3.38. The Balaban J connectivity index is 2.28. The number of rotatable bonds is 0. The van der Waals surface area contributed by atoms with Crippen LogP contribution in [0.25, 0.3) is 11.1 Å². The third-order valence-electron chi connectivity index (χ3n) is 3.07. The molecule has 0 fully saturated rings. The zero-order valence-corrected chi connectivity index (χ0v) is 9.00. The second-order valence-electron chi connectivity index (χ2n) is 4.14. The molecule has 1 heterocycles. The van der Waals surface area contributed by atoms with Crippen LogP contribution in [0.2, 0.25) is 0 Å². The van der Waals surface area contributed by atoms with Crippen molar-refractivity contribution in [2.45, 2.75) is 13.0 Å². The fraction of sp³-hybridized carbons (Fsp3) is 0.143. The van der Waals surface area contributed by atoms with Crippen LogP contribution in [0.4, 0.5) is 10.1 Å². The normalized spacial score (nSPS) is 17.2. The van der Waals surface area contributed by atoms with Crippen molar-refractivity contribution in [1.29, 1.82) is 0 Å². The van der Waals surface area contributed by atoms with E-state index >= 15 is 0 Å². The van der Waals surface area contributed by atoms with Crippen molar-refractivity contribution in [3.63, 3.8) is 0 Å². The van der Waals surface area contributed by atoms with E-state index in [1.807, 2.05) is 25.1 Å². The lowest BCUT2D eigenvalue weighted by molar-refractivity contribution is 0.623. The first kappa shape index (κ1) is 9.40. The largest absolute Gasteiger partial charge is 0.378 e. The van der Waals surface area contributed by atoms with Gasteiger partial charge in [-0.2, -0.15) is 0 Å². The summed E-state index contributed by atoms with van der Waals surface area (Å²) in [7, 11) is 0. The Labute approximate surface area is 93.9 Å². The smallest absolute Gasteiger partial charge is 0.123 e. The summed E-state index contributed by atoms with van der Waals surface area (Å²) < 4.78 is 13.2. The van der Waals surface area contributed by atoms with Gasteiger partial charge in [-0.1, -0.05) is 24.3 Å². The molecular formula is C14H12FN. The fourth-order valence-electron chi connectivity index (χ4n) is 2.29. The standard InChI is InChI=1S/C14H12FN/c1-9-13-8-10(15)6-7-11(13)12-4-2-3-5-14(12)16-9/h2-9,16H,1H3/t9-/m1/s1. The van der Waals surface area contributed by atoms with E-state index in [4.69, 9.17) is 0 Å².